The summed E-state index contributed by atoms with van der Waals surface area (Å²) >= 11 is 0. The van der Waals surface area contributed by atoms with Crippen LogP contribution in [0.5, 0.6) is 0 Å². The highest BCUT2D eigenvalue weighted by Gasteiger charge is 2.21. The van der Waals surface area contributed by atoms with E-state index in [-0.39, 0.29) is 5.57 Å². The number of hydrogen-bond donors (Lipinski definition) is 1. The van der Waals surface area contributed by atoms with Crippen molar-refractivity contribution in [1.29, 1.82) is 0 Å². The maximum absolute atomic E-state index is 12.3. The van der Waals surface area contributed by atoms with Crippen molar-refractivity contribution in [2.24, 2.45) is 0 Å². The van der Waals surface area contributed by atoms with Crippen LogP contribution in [-0.4, -0.2) is 33.2 Å². The van der Waals surface area contributed by atoms with Crippen molar-refractivity contribution in [3.63, 3.8) is 0 Å². The number of hydrogen-bond acceptors (Lipinski definition) is 6. The smallest absolute Gasteiger partial charge is 0.397 e. The van der Waals surface area contributed by atoms with Crippen LogP contribution >= 0.6 is 0 Å². The van der Waals surface area contributed by atoms with Gasteiger partial charge in [-0.15, -0.1) is 0 Å². The molecule has 0 unspecified atom stereocenters. The van der Waals surface area contributed by atoms with Crippen LogP contribution in [0.25, 0.3) is 27.5 Å². The number of carbonyl (C=O) groups is 1. The molecule has 3 aromatic carbocycles. The summed E-state index contributed by atoms with van der Waals surface area (Å²) in [5.74, 6) is -0.666. The molecule has 30 heavy (non-hydrogen) atoms. The highest BCUT2D eigenvalue weighted by atomic mass is 32.3. The molecule has 0 aliphatic rings. The SMILES string of the molecule is COC=C(C(=O)OC)c1cccc(-c2ccc3ccccc3c2)c1COS(=O)(=O)O. The quantitative estimate of drug-likeness (QED) is 0.263. The third kappa shape index (κ3) is 4.85. The second-order valence-electron chi connectivity index (χ2n) is 6.34. The van der Waals surface area contributed by atoms with Gasteiger partial charge in [0.15, 0.2) is 0 Å². The van der Waals surface area contributed by atoms with Gasteiger partial charge in [0.1, 0.15) is 5.57 Å². The van der Waals surface area contributed by atoms with Gasteiger partial charge in [0, 0.05) is 0 Å². The van der Waals surface area contributed by atoms with Crippen LogP contribution in [0.15, 0.2) is 66.9 Å². The molecule has 0 atom stereocenters. The number of fused-ring (bicyclic) bond motifs is 1. The number of methoxy groups -OCH3 is 2. The lowest BCUT2D eigenvalue weighted by atomic mass is 9.91. The Morgan fingerprint density at radius 2 is 1.73 bits per heavy atom. The van der Waals surface area contributed by atoms with E-state index in [1.165, 1.54) is 20.5 Å². The molecule has 0 radical (unpaired) electrons. The van der Waals surface area contributed by atoms with Crippen molar-refractivity contribution in [3.8, 4) is 11.1 Å². The Bertz CT molecular complexity index is 1210. The highest BCUT2D eigenvalue weighted by molar-refractivity contribution is 7.80. The van der Waals surface area contributed by atoms with Crippen LogP contribution in [0, 0.1) is 0 Å². The van der Waals surface area contributed by atoms with Crippen LogP contribution in [0.4, 0.5) is 0 Å². The number of carbonyl (C=O) groups excluding carboxylic acids is 1. The van der Waals surface area contributed by atoms with Gasteiger partial charge in [-0.1, -0.05) is 54.6 Å². The average Bonchev–Trinajstić information content (AvgIpc) is 2.74. The van der Waals surface area contributed by atoms with Gasteiger partial charge < -0.3 is 9.47 Å². The fourth-order valence-electron chi connectivity index (χ4n) is 3.20. The van der Waals surface area contributed by atoms with Crippen molar-refractivity contribution in [3.05, 3.63) is 78.1 Å². The third-order valence-corrected chi connectivity index (χ3v) is 4.94. The Hall–Kier alpha value is -3.20. The van der Waals surface area contributed by atoms with Crippen molar-refractivity contribution < 1.29 is 31.4 Å². The summed E-state index contributed by atoms with van der Waals surface area (Å²) in [6, 6.07) is 18.7. The second-order valence-corrected chi connectivity index (χ2v) is 7.43. The third-order valence-electron chi connectivity index (χ3n) is 4.52. The standard InChI is InChI=1S/C22H20O7S/c1-27-13-21(22(23)28-2)19-9-5-8-18(20(19)14-29-30(24,25)26)17-11-10-15-6-3-4-7-16(15)12-17/h3-13H,14H2,1-2H3,(H,24,25,26). The van der Waals surface area contributed by atoms with Crippen LogP contribution in [0.2, 0.25) is 0 Å². The molecule has 156 valence electrons. The van der Waals surface area contributed by atoms with Crippen LogP contribution in [0.1, 0.15) is 11.1 Å². The molecule has 0 amide bonds. The van der Waals surface area contributed by atoms with Crippen molar-refractivity contribution in [1.82, 2.24) is 0 Å². The molecule has 0 aliphatic heterocycles. The predicted molar refractivity (Wildman–Crippen MR) is 113 cm³/mol. The van der Waals surface area contributed by atoms with Gasteiger partial charge >= 0.3 is 16.4 Å². The van der Waals surface area contributed by atoms with E-state index in [1.807, 2.05) is 42.5 Å². The van der Waals surface area contributed by atoms with E-state index >= 15 is 0 Å². The Balaban J connectivity index is 2.23. The fourth-order valence-corrected chi connectivity index (χ4v) is 3.47. The molecule has 3 aromatic rings. The van der Waals surface area contributed by atoms with Crippen molar-refractivity contribution >= 4 is 32.7 Å². The number of rotatable bonds is 7. The highest BCUT2D eigenvalue weighted by Crippen LogP contribution is 2.33. The predicted octanol–water partition coefficient (Wildman–Crippen LogP) is 3.99. The molecule has 0 saturated heterocycles. The Kier molecular flexibility index (Phi) is 6.51. The average molecular weight is 428 g/mol. The molecule has 0 spiro atoms. The first kappa shape index (κ1) is 21.5. The molecule has 0 saturated carbocycles. The van der Waals surface area contributed by atoms with Crippen LogP contribution in [0.3, 0.4) is 0 Å². The lowest BCUT2D eigenvalue weighted by Crippen LogP contribution is -2.10. The maximum Gasteiger partial charge on any atom is 0.397 e. The molecule has 0 aromatic heterocycles. The lowest BCUT2D eigenvalue weighted by molar-refractivity contribution is -0.133. The second kappa shape index (κ2) is 9.08. The van der Waals surface area contributed by atoms with Crippen molar-refractivity contribution in [2.75, 3.05) is 14.2 Å². The first-order valence-electron chi connectivity index (χ1n) is 8.88. The van der Waals surface area contributed by atoms with Gasteiger partial charge in [-0.2, -0.15) is 8.42 Å². The van der Waals surface area contributed by atoms with E-state index in [0.717, 1.165) is 16.3 Å². The number of ether oxygens (including phenoxy) is 2. The number of benzene rings is 3. The summed E-state index contributed by atoms with van der Waals surface area (Å²) in [6.07, 6.45) is 1.21. The van der Waals surface area contributed by atoms with Gasteiger partial charge in [-0.25, -0.2) is 8.98 Å². The molecule has 0 bridgehead atoms. The molecule has 1 N–H and O–H groups in total. The summed E-state index contributed by atoms with van der Waals surface area (Å²) in [4.78, 5) is 12.3. The lowest BCUT2D eigenvalue weighted by Gasteiger charge is -2.16. The molecular weight excluding hydrogens is 408 g/mol. The van der Waals surface area contributed by atoms with Gasteiger partial charge in [0.2, 0.25) is 0 Å². The molecule has 8 heteroatoms. The Labute approximate surface area is 174 Å². The van der Waals surface area contributed by atoms with E-state index in [4.69, 9.17) is 14.0 Å². The van der Waals surface area contributed by atoms with Crippen LogP contribution in [-0.2, 0) is 35.5 Å². The first-order valence-corrected chi connectivity index (χ1v) is 10.2. The van der Waals surface area contributed by atoms with Gasteiger partial charge in [-0.05, 0) is 39.1 Å². The minimum absolute atomic E-state index is 0.0802. The summed E-state index contributed by atoms with van der Waals surface area (Å²) in [5.41, 5.74) is 2.23. The zero-order chi connectivity index (χ0) is 21.7. The van der Waals surface area contributed by atoms with Gasteiger partial charge in [-0.3, -0.25) is 4.55 Å². The van der Waals surface area contributed by atoms with E-state index in [2.05, 4.69) is 4.18 Å². The topological polar surface area (TPSA) is 99.1 Å². The molecule has 3 rings (SSSR count). The first-order chi connectivity index (χ1) is 14.3. The summed E-state index contributed by atoms with van der Waals surface area (Å²) in [7, 11) is -2.09. The number of esters is 1. The van der Waals surface area contributed by atoms with Crippen LogP contribution < -0.4 is 0 Å². The zero-order valence-electron chi connectivity index (χ0n) is 16.4. The Morgan fingerprint density at radius 3 is 2.40 bits per heavy atom. The van der Waals surface area contributed by atoms with Gasteiger partial charge in [0.25, 0.3) is 0 Å². The van der Waals surface area contributed by atoms with E-state index in [1.54, 1.807) is 18.2 Å². The molecule has 7 nitrogen and oxygen atoms in total. The maximum atomic E-state index is 12.3. The summed E-state index contributed by atoms with van der Waals surface area (Å²) < 4.78 is 46.0. The summed E-state index contributed by atoms with van der Waals surface area (Å²) in [6.45, 7) is -0.491. The van der Waals surface area contributed by atoms with E-state index in [9.17, 15) is 13.2 Å². The van der Waals surface area contributed by atoms with Gasteiger partial charge in [0.05, 0.1) is 27.1 Å². The minimum atomic E-state index is -4.70. The summed E-state index contributed by atoms with van der Waals surface area (Å²) in [5, 5.41) is 2.03. The van der Waals surface area contributed by atoms with Crippen molar-refractivity contribution in [2.45, 2.75) is 6.61 Å². The molecule has 0 fully saturated rings. The van der Waals surface area contributed by atoms with E-state index in [0.29, 0.717) is 16.7 Å². The molecule has 0 heterocycles. The zero-order valence-corrected chi connectivity index (χ0v) is 17.2. The molecule has 0 aliphatic carbocycles. The fraction of sp³-hybridized carbons (Fsp3) is 0.136. The normalized spacial score (nSPS) is 12.0. The molecular formula is C22H20O7S. The van der Waals surface area contributed by atoms with E-state index < -0.39 is 23.0 Å². The Morgan fingerprint density at radius 1 is 1.00 bits per heavy atom. The largest absolute Gasteiger partial charge is 0.503 e. The monoisotopic (exact) mass is 428 g/mol. The minimum Gasteiger partial charge on any atom is -0.503 e.